The van der Waals surface area contributed by atoms with Crippen molar-refractivity contribution in [1.82, 2.24) is 0 Å². The molecule has 2 rings (SSSR count). The van der Waals surface area contributed by atoms with Gasteiger partial charge in [-0.3, -0.25) is 10.1 Å². The molecule has 5 heteroatoms. The molecule has 0 aromatic heterocycles. The zero-order chi connectivity index (χ0) is 14.5. The van der Waals surface area contributed by atoms with Crippen LogP contribution in [0.1, 0.15) is 12.5 Å². The van der Waals surface area contributed by atoms with Gasteiger partial charge in [0.2, 0.25) is 5.75 Å². The van der Waals surface area contributed by atoms with E-state index >= 15 is 0 Å². The van der Waals surface area contributed by atoms with Crippen molar-refractivity contribution in [1.29, 1.82) is 0 Å². The monoisotopic (exact) mass is 270 g/mol. The number of nitrogens with zero attached hydrogens (tertiary/aromatic N) is 1. The first-order valence-electron chi connectivity index (χ1n) is 6.06. The lowest BCUT2D eigenvalue weighted by Gasteiger charge is -2.09. The summed E-state index contributed by atoms with van der Waals surface area (Å²) >= 11 is 0. The number of nitro groups is 1. The number of benzene rings is 2. The molecule has 5 nitrogen and oxygen atoms in total. The molecule has 2 aromatic carbocycles. The molecule has 0 fully saturated rings. The van der Waals surface area contributed by atoms with E-state index in [-0.39, 0.29) is 17.1 Å². The molecular formula is C15H14N2O3. The molecular weight excluding hydrogens is 256 g/mol. The number of hydrogen-bond acceptors (Lipinski definition) is 4. The van der Waals surface area contributed by atoms with Gasteiger partial charge in [-0.05, 0) is 25.1 Å². The average molecular weight is 270 g/mol. The summed E-state index contributed by atoms with van der Waals surface area (Å²) in [5.74, 6) is 0.672. The first-order valence-corrected chi connectivity index (χ1v) is 6.06. The van der Waals surface area contributed by atoms with Crippen molar-refractivity contribution in [3.8, 4) is 11.5 Å². The lowest BCUT2D eigenvalue weighted by molar-refractivity contribution is -0.384. The highest BCUT2D eigenvalue weighted by molar-refractivity contribution is 5.67. The van der Waals surface area contributed by atoms with Crippen LogP contribution in [0.25, 0.3) is 6.08 Å². The number of allylic oxidation sites excluding steroid dienone is 1. The van der Waals surface area contributed by atoms with E-state index in [1.807, 2.05) is 31.2 Å². The lowest BCUT2D eigenvalue weighted by Crippen LogP contribution is -1.99. The van der Waals surface area contributed by atoms with Gasteiger partial charge >= 0.3 is 5.69 Å². The molecule has 0 bridgehead atoms. The Kier molecular flexibility index (Phi) is 4.00. The number of para-hydroxylation sites is 2. The smallest absolute Gasteiger partial charge is 0.334 e. The minimum absolute atomic E-state index is 0.0796. The first kappa shape index (κ1) is 13.6. The van der Waals surface area contributed by atoms with E-state index < -0.39 is 4.92 Å². The molecule has 2 N–H and O–H groups in total. The van der Waals surface area contributed by atoms with Crippen molar-refractivity contribution in [3.63, 3.8) is 0 Å². The molecule has 0 spiro atoms. The van der Waals surface area contributed by atoms with Crippen molar-refractivity contribution >= 4 is 17.5 Å². The first-order chi connectivity index (χ1) is 9.63. The molecule has 102 valence electrons. The van der Waals surface area contributed by atoms with Gasteiger partial charge in [0.1, 0.15) is 11.4 Å². The molecule has 0 radical (unpaired) electrons. The van der Waals surface area contributed by atoms with Crippen LogP contribution in [0, 0.1) is 10.1 Å². The van der Waals surface area contributed by atoms with E-state index in [1.54, 1.807) is 18.2 Å². The van der Waals surface area contributed by atoms with Gasteiger partial charge in [-0.25, -0.2) is 0 Å². The maximum atomic E-state index is 11.1. The normalized spacial score (nSPS) is 10.7. The van der Waals surface area contributed by atoms with Gasteiger partial charge in [0.05, 0.1) is 4.92 Å². The second-order valence-electron chi connectivity index (χ2n) is 4.09. The predicted molar refractivity (Wildman–Crippen MR) is 78.7 cm³/mol. The minimum Gasteiger partial charge on any atom is -0.449 e. The van der Waals surface area contributed by atoms with E-state index in [4.69, 9.17) is 10.5 Å². The summed E-state index contributed by atoms with van der Waals surface area (Å²) in [5.41, 5.74) is 6.34. The Morgan fingerprint density at radius 2 is 1.85 bits per heavy atom. The maximum absolute atomic E-state index is 11.1. The summed E-state index contributed by atoms with van der Waals surface area (Å²) in [4.78, 5) is 10.5. The number of nitro benzene ring substituents is 1. The van der Waals surface area contributed by atoms with E-state index in [0.717, 1.165) is 5.56 Å². The predicted octanol–water partition coefficient (Wildman–Crippen LogP) is 4.00. The van der Waals surface area contributed by atoms with Crippen LogP contribution < -0.4 is 10.5 Å². The Morgan fingerprint density at radius 3 is 2.55 bits per heavy atom. The second-order valence-corrected chi connectivity index (χ2v) is 4.09. The largest absolute Gasteiger partial charge is 0.449 e. The third kappa shape index (κ3) is 2.77. The molecule has 0 saturated heterocycles. The van der Waals surface area contributed by atoms with E-state index in [0.29, 0.717) is 5.75 Å². The number of anilines is 1. The van der Waals surface area contributed by atoms with Crippen LogP contribution in [-0.4, -0.2) is 4.92 Å². The highest BCUT2D eigenvalue weighted by atomic mass is 16.6. The standard InChI is InChI=1S/C15H14N2O3/c1-2-6-11-7-3-4-9-13(11)20-14-10-5-8-12(16)15(14)17(18)19/h2-10H,16H2,1H3/b6-2+. The van der Waals surface area contributed by atoms with Gasteiger partial charge in [-0.15, -0.1) is 0 Å². The van der Waals surface area contributed by atoms with Crippen molar-refractivity contribution in [2.24, 2.45) is 0 Å². The fourth-order valence-corrected chi connectivity index (χ4v) is 1.83. The maximum Gasteiger partial charge on any atom is 0.334 e. The Balaban J connectivity index is 2.46. The molecule has 0 aliphatic carbocycles. The molecule has 0 amide bonds. The van der Waals surface area contributed by atoms with Crippen molar-refractivity contribution in [2.45, 2.75) is 6.92 Å². The SMILES string of the molecule is C/C=C/c1ccccc1Oc1cccc(N)c1[N+](=O)[O-]. The highest BCUT2D eigenvalue weighted by Crippen LogP contribution is 2.36. The summed E-state index contributed by atoms with van der Waals surface area (Å²) in [6, 6.07) is 11.9. The van der Waals surface area contributed by atoms with Gasteiger partial charge < -0.3 is 10.5 Å². The molecule has 0 aliphatic rings. The number of rotatable bonds is 4. The minimum atomic E-state index is -0.539. The van der Waals surface area contributed by atoms with E-state index in [2.05, 4.69) is 0 Å². The number of hydrogen-bond donors (Lipinski definition) is 1. The van der Waals surface area contributed by atoms with Gasteiger partial charge in [-0.1, -0.05) is 36.4 Å². The van der Waals surface area contributed by atoms with Crippen LogP contribution in [0.15, 0.2) is 48.5 Å². The topological polar surface area (TPSA) is 78.4 Å². The van der Waals surface area contributed by atoms with Gasteiger partial charge in [0.25, 0.3) is 0 Å². The van der Waals surface area contributed by atoms with E-state index in [1.165, 1.54) is 12.1 Å². The number of nitrogens with two attached hydrogens (primary N) is 1. The fraction of sp³-hybridized carbons (Fsp3) is 0.0667. The van der Waals surface area contributed by atoms with Gasteiger partial charge in [-0.2, -0.15) is 0 Å². The summed E-state index contributed by atoms with van der Waals surface area (Å²) in [5, 5.41) is 11.1. The van der Waals surface area contributed by atoms with Gasteiger partial charge in [0, 0.05) is 5.56 Å². The summed E-state index contributed by atoms with van der Waals surface area (Å²) in [6.45, 7) is 1.89. The molecule has 2 aromatic rings. The highest BCUT2D eigenvalue weighted by Gasteiger charge is 2.20. The van der Waals surface area contributed by atoms with Crippen LogP contribution in [0.2, 0.25) is 0 Å². The number of nitrogen functional groups attached to an aromatic ring is 1. The van der Waals surface area contributed by atoms with Crippen LogP contribution in [0.5, 0.6) is 11.5 Å². The average Bonchev–Trinajstić information content (AvgIpc) is 2.41. The van der Waals surface area contributed by atoms with E-state index in [9.17, 15) is 10.1 Å². The third-order valence-corrected chi connectivity index (χ3v) is 2.70. The zero-order valence-corrected chi connectivity index (χ0v) is 10.9. The summed E-state index contributed by atoms with van der Waals surface area (Å²) in [6.07, 6.45) is 3.74. The fourth-order valence-electron chi connectivity index (χ4n) is 1.83. The quantitative estimate of drug-likeness (QED) is 0.517. The molecule has 20 heavy (non-hydrogen) atoms. The zero-order valence-electron chi connectivity index (χ0n) is 10.9. The van der Waals surface area contributed by atoms with Crippen LogP contribution >= 0.6 is 0 Å². The number of ether oxygens (including phenoxy) is 1. The van der Waals surface area contributed by atoms with Crippen LogP contribution in [0.3, 0.4) is 0 Å². The second kappa shape index (κ2) is 5.88. The summed E-state index contributed by atoms with van der Waals surface area (Å²) < 4.78 is 5.66. The van der Waals surface area contributed by atoms with Crippen LogP contribution in [-0.2, 0) is 0 Å². The molecule has 0 aliphatic heterocycles. The van der Waals surface area contributed by atoms with Crippen molar-refractivity contribution in [2.75, 3.05) is 5.73 Å². The molecule has 0 atom stereocenters. The molecule has 0 saturated carbocycles. The Bertz CT molecular complexity index is 666. The van der Waals surface area contributed by atoms with Crippen molar-refractivity contribution < 1.29 is 9.66 Å². The Morgan fingerprint density at radius 1 is 1.15 bits per heavy atom. The third-order valence-electron chi connectivity index (χ3n) is 2.70. The lowest BCUT2D eigenvalue weighted by atomic mass is 10.2. The summed E-state index contributed by atoms with van der Waals surface area (Å²) in [7, 11) is 0. The Hall–Kier alpha value is -2.82. The van der Waals surface area contributed by atoms with Gasteiger partial charge in [0.15, 0.2) is 0 Å². The Labute approximate surface area is 116 Å². The van der Waals surface area contributed by atoms with Crippen LogP contribution in [0.4, 0.5) is 11.4 Å². The molecule has 0 heterocycles. The van der Waals surface area contributed by atoms with Crippen molar-refractivity contribution in [3.05, 3.63) is 64.2 Å². The molecule has 0 unspecified atom stereocenters.